The van der Waals surface area contributed by atoms with Crippen LogP contribution in [-0.4, -0.2) is 29.5 Å². The molecule has 2 aromatic heterocycles. The van der Waals surface area contributed by atoms with Crippen LogP contribution >= 0.6 is 0 Å². The molecule has 2 heterocycles. The number of carbonyl (C=O) groups excluding carboxylic acids is 1. The van der Waals surface area contributed by atoms with E-state index in [0.717, 1.165) is 17.0 Å². The minimum atomic E-state index is -0.218. The Hall–Kier alpha value is -3.02. The lowest BCUT2D eigenvalue weighted by atomic mass is 10.2. The zero-order chi connectivity index (χ0) is 17.3. The first-order valence-electron chi connectivity index (χ1n) is 7.52. The molecule has 24 heavy (non-hydrogen) atoms. The summed E-state index contributed by atoms with van der Waals surface area (Å²) in [6, 6.07) is 8.77. The van der Waals surface area contributed by atoms with Gasteiger partial charge in [-0.15, -0.1) is 0 Å². The minimum Gasteiger partial charge on any atom is -0.493 e. The summed E-state index contributed by atoms with van der Waals surface area (Å²) in [7, 11) is 3.10. The lowest BCUT2D eigenvalue weighted by molar-refractivity contribution is 0.102. The van der Waals surface area contributed by atoms with E-state index in [9.17, 15) is 4.79 Å². The molecule has 0 bridgehead atoms. The highest BCUT2D eigenvalue weighted by atomic mass is 16.5. The number of nitrogens with zero attached hydrogens (tertiary/aromatic N) is 2. The van der Waals surface area contributed by atoms with Crippen LogP contribution in [0.3, 0.4) is 0 Å². The van der Waals surface area contributed by atoms with Gasteiger partial charge in [0, 0.05) is 17.5 Å². The van der Waals surface area contributed by atoms with Gasteiger partial charge >= 0.3 is 0 Å². The fourth-order valence-electron chi connectivity index (χ4n) is 2.53. The van der Waals surface area contributed by atoms with Crippen LogP contribution < -0.4 is 14.8 Å². The second-order valence-corrected chi connectivity index (χ2v) is 5.45. The van der Waals surface area contributed by atoms with Crippen molar-refractivity contribution in [1.29, 1.82) is 0 Å². The molecule has 6 heteroatoms. The van der Waals surface area contributed by atoms with Crippen molar-refractivity contribution in [1.82, 2.24) is 9.38 Å². The van der Waals surface area contributed by atoms with Crippen LogP contribution in [0, 0.1) is 13.8 Å². The van der Waals surface area contributed by atoms with Crippen molar-refractivity contribution in [3.05, 3.63) is 53.5 Å². The molecule has 0 fully saturated rings. The number of fused-ring (bicyclic) bond motifs is 1. The number of rotatable bonds is 4. The van der Waals surface area contributed by atoms with Gasteiger partial charge in [-0.25, -0.2) is 4.98 Å². The molecule has 0 aliphatic carbocycles. The van der Waals surface area contributed by atoms with Crippen LogP contribution in [0.25, 0.3) is 5.65 Å². The van der Waals surface area contributed by atoms with Crippen molar-refractivity contribution in [2.45, 2.75) is 13.8 Å². The monoisotopic (exact) mass is 325 g/mol. The number of ether oxygens (including phenoxy) is 2. The molecule has 0 unspecified atom stereocenters. The van der Waals surface area contributed by atoms with Crippen molar-refractivity contribution < 1.29 is 14.3 Å². The number of aryl methyl sites for hydroxylation is 2. The molecular weight excluding hydrogens is 306 g/mol. The van der Waals surface area contributed by atoms with Crippen molar-refractivity contribution in [3.8, 4) is 11.5 Å². The van der Waals surface area contributed by atoms with Crippen LogP contribution in [0.4, 0.5) is 5.69 Å². The van der Waals surface area contributed by atoms with Crippen molar-refractivity contribution in [2.24, 2.45) is 0 Å². The number of methoxy groups -OCH3 is 2. The lowest BCUT2D eigenvalue weighted by Crippen LogP contribution is -2.12. The molecule has 1 N–H and O–H groups in total. The molecule has 1 aromatic carbocycles. The fraction of sp³-hybridized carbons (Fsp3) is 0.222. The Labute approximate surface area is 140 Å². The van der Waals surface area contributed by atoms with E-state index in [2.05, 4.69) is 10.3 Å². The molecule has 124 valence electrons. The molecule has 0 radical (unpaired) electrons. The van der Waals surface area contributed by atoms with Gasteiger partial charge < -0.3 is 19.2 Å². The molecule has 0 saturated carbocycles. The number of amides is 1. The summed E-state index contributed by atoms with van der Waals surface area (Å²) in [6.07, 6.45) is 1.86. The predicted octanol–water partition coefficient (Wildman–Crippen LogP) is 3.22. The molecule has 0 atom stereocenters. The highest BCUT2D eigenvalue weighted by Gasteiger charge is 2.12. The van der Waals surface area contributed by atoms with Gasteiger partial charge in [-0.05, 0) is 44.2 Å². The topological polar surface area (TPSA) is 64.9 Å². The highest BCUT2D eigenvalue weighted by molar-refractivity contribution is 6.04. The van der Waals surface area contributed by atoms with Crippen LogP contribution in [0.1, 0.15) is 21.7 Å². The van der Waals surface area contributed by atoms with Gasteiger partial charge in [0.1, 0.15) is 5.65 Å². The molecule has 0 aliphatic rings. The minimum absolute atomic E-state index is 0.218. The molecule has 3 aromatic rings. The number of nitrogens with one attached hydrogen (secondary N) is 1. The third kappa shape index (κ3) is 2.78. The standard InChI is InChI=1S/C18H19N3O3/c1-11-12(2)21-10-14(6-8-17(21)19-11)20-18(22)13-5-7-15(23-3)16(9-13)24-4/h5-10H,1-4H3,(H,20,22). The van der Waals surface area contributed by atoms with Crippen molar-refractivity contribution >= 4 is 17.2 Å². The molecule has 6 nitrogen and oxygen atoms in total. The third-order valence-electron chi connectivity index (χ3n) is 4.00. The molecule has 0 saturated heterocycles. The number of hydrogen-bond acceptors (Lipinski definition) is 4. The highest BCUT2D eigenvalue weighted by Crippen LogP contribution is 2.28. The number of carbonyl (C=O) groups is 1. The zero-order valence-electron chi connectivity index (χ0n) is 14.1. The summed E-state index contributed by atoms with van der Waals surface area (Å²) < 4.78 is 12.4. The van der Waals surface area contributed by atoms with Gasteiger partial charge in [-0.1, -0.05) is 0 Å². The Morgan fingerprint density at radius 3 is 2.54 bits per heavy atom. The largest absolute Gasteiger partial charge is 0.493 e. The van der Waals surface area contributed by atoms with Crippen LogP contribution in [0.15, 0.2) is 36.5 Å². The summed E-state index contributed by atoms with van der Waals surface area (Å²) >= 11 is 0. The Balaban J connectivity index is 1.88. The number of imidazole rings is 1. The molecule has 0 aliphatic heterocycles. The first-order valence-corrected chi connectivity index (χ1v) is 7.52. The average molecular weight is 325 g/mol. The van der Waals surface area contributed by atoms with Gasteiger partial charge in [0.25, 0.3) is 5.91 Å². The van der Waals surface area contributed by atoms with Crippen LogP contribution in [-0.2, 0) is 0 Å². The van der Waals surface area contributed by atoms with E-state index in [0.29, 0.717) is 22.7 Å². The summed E-state index contributed by atoms with van der Waals surface area (Å²) in [5.74, 6) is 0.881. The quantitative estimate of drug-likeness (QED) is 0.800. The van der Waals surface area contributed by atoms with Crippen molar-refractivity contribution in [3.63, 3.8) is 0 Å². The third-order valence-corrected chi connectivity index (χ3v) is 4.00. The van der Waals surface area contributed by atoms with E-state index in [1.165, 1.54) is 7.11 Å². The Morgan fingerprint density at radius 2 is 1.83 bits per heavy atom. The van der Waals surface area contributed by atoms with Gasteiger partial charge in [0.2, 0.25) is 0 Å². The maximum atomic E-state index is 12.5. The number of hydrogen-bond donors (Lipinski definition) is 1. The van der Waals surface area contributed by atoms with Crippen LogP contribution in [0.2, 0.25) is 0 Å². The SMILES string of the molecule is COc1ccc(C(=O)Nc2ccc3nc(C)c(C)n3c2)cc1OC. The van der Waals surface area contributed by atoms with E-state index in [1.54, 1.807) is 25.3 Å². The molecule has 1 amide bonds. The summed E-state index contributed by atoms with van der Waals surface area (Å²) in [4.78, 5) is 16.9. The van der Waals surface area contributed by atoms with Crippen molar-refractivity contribution in [2.75, 3.05) is 19.5 Å². The van der Waals surface area contributed by atoms with Gasteiger partial charge in [-0.3, -0.25) is 4.79 Å². The Kier molecular flexibility index (Phi) is 4.12. The molecule has 0 spiro atoms. The molecular formula is C18H19N3O3. The smallest absolute Gasteiger partial charge is 0.255 e. The predicted molar refractivity (Wildman–Crippen MR) is 92.2 cm³/mol. The van der Waals surface area contributed by atoms with E-state index >= 15 is 0 Å². The Morgan fingerprint density at radius 1 is 1.08 bits per heavy atom. The van der Waals surface area contributed by atoms with E-state index in [1.807, 2.05) is 36.6 Å². The zero-order valence-corrected chi connectivity index (χ0v) is 14.1. The van der Waals surface area contributed by atoms with Gasteiger partial charge in [0.05, 0.1) is 25.6 Å². The number of aromatic nitrogens is 2. The number of anilines is 1. The maximum absolute atomic E-state index is 12.5. The first-order chi connectivity index (χ1) is 11.5. The maximum Gasteiger partial charge on any atom is 0.255 e. The fourth-order valence-corrected chi connectivity index (χ4v) is 2.53. The second-order valence-electron chi connectivity index (χ2n) is 5.45. The Bertz CT molecular complexity index is 915. The van der Waals surface area contributed by atoms with Crippen LogP contribution in [0.5, 0.6) is 11.5 Å². The van der Waals surface area contributed by atoms with Gasteiger partial charge in [0.15, 0.2) is 11.5 Å². The average Bonchev–Trinajstić information content (AvgIpc) is 2.88. The summed E-state index contributed by atoms with van der Waals surface area (Å²) in [6.45, 7) is 3.96. The summed E-state index contributed by atoms with van der Waals surface area (Å²) in [5.41, 5.74) is 4.06. The normalized spacial score (nSPS) is 10.7. The van der Waals surface area contributed by atoms with E-state index in [-0.39, 0.29) is 5.91 Å². The number of benzene rings is 1. The van der Waals surface area contributed by atoms with E-state index < -0.39 is 0 Å². The van der Waals surface area contributed by atoms with E-state index in [4.69, 9.17) is 9.47 Å². The second kappa shape index (κ2) is 6.23. The van der Waals surface area contributed by atoms with Gasteiger partial charge in [-0.2, -0.15) is 0 Å². The molecule has 3 rings (SSSR count). The first kappa shape index (κ1) is 15.9. The lowest BCUT2D eigenvalue weighted by Gasteiger charge is -2.10. The number of pyridine rings is 1. The summed E-state index contributed by atoms with van der Waals surface area (Å²) in [5, 5.41) is 2.89.